The Hall–Kier alpha value is -1.48. The predicted octanol–water partition coefficient (Wildman–Crippen LogP) is 2.18. The van der Waals surface area contributed by atoms with Crippen molar-refractivity contribution in [3.05, 3.63) is 6.33 Å². The Morgan fingerprint density at radius 2 is 1.75 bits per heavy atom. The lowest BCUT2D eigenvalue weighted by Crippen LogP contribution is -2.33. The van der Waals surface area contributed by atoms with Crippen LogP contribution in [0.2, 0.25) is 0 Å². The molecule has 9 heteroatoms. The fourth-order valence-corrected chi connectivity index (χ4v) is 3.16. The molecule has 0 radical (unpaired) electrons. The van der Waals surface area contributed by atoms with Crippen LogP contribution in [0.5, 0.6) is 0 Å². The molecular weight excluding hydrogens is 330 g/mol. The molecule has 138 valence electrons. The lowest BCUT2D eigenvalue weighted by Gasteiger charge is -2.16. The van der Waals surface area contributed by atoms with Gasteiger partial charge in [-0.2, -0.15) is 8.99 Å². The summed E-state index contributed by atoms with van der Waals surface area (Å²) in [6.45, 7) is 5.13. The second-order valence-corrected chi connectivity index (χ2v) is 7.86. The van der Waals surface area contributed by atoms with Crippen molar-refractivity contribution >= 4 is 16.1 Å². The van der Waals surface area contributed by atoms with Crippen LogP contribution in [0.3, 0.4) is 0 Å². The van der Waals surface area contributed by atoms with Crippen molar-refractivity contribution in [2.45, 2.75) is 57.5 Å². The van der Waals surface area contributed by atoms with Gasteiger partial charge in [0, 0.05) is 27.2 Å². The van der Waals surface area contributed by atoms with Gasteiger partial charge in [-0.1, -0.05) is 39.5 Å². The molecule has 0 saturated heterocycles. The quantitative estimate of drug-likeness (QED) is 0.597. The fraction of sp³-hybridized carbons (Fsp3) is 0.800. The minimum absolute atomic E-state index is 0.339. The van der Waals surface area contributed by atoms with Crippen molar-refractivity contribution < 1.29 is 13.2 Å². The van der Waals surface area contributed by atoms with E-state index in [0.29, 0.717) is 13.1 Å². The summed E-state index contributed by atoms with van der Waals surface area (Å²) in [5.74, 6) is 0. The standard InChI is InChI=1S/C15H29N5O3S/c1-5-7-9-10-11-18(3)15(21)20-13-16-14(17-20)24(22,23)19(4)12-8-6-2/h13H,5-12H2,1-4H3. The van der Waals surface area contributed by atoms with Crippen LogP contribution in [0.25, 0.3) is 0 Å². The lowest BCUT2D eigenvalue weighted by atomic mass is 10.2. The number of hydrogen-bond acceptors (Lipinski definition) is 5. The Balaban J connectivity index is 2.71. The molecule has 1 heterocycles. The first kappa shape index (κ1) is 20.6. The summed E-state index contributed by atoms with van der Waals surface area (Å²) in [6.07, 6.45) is 7.05. The van der Waals surface area contributed by atoms with E-state index in [1.807, 2.05) is 6.92 Å². The Kier molecular flexibility index (Phi) is 8.34. The Labute approximate surface area is 144 Å². The van der Waals surface area contributed by atoms with E-state index in [1.54, 1.807) is 7.05 Å². The number of nitrogens with zero attached hydrogens (tertiary/aromatic N) is 5. The average Bonchev–Trinajstić information content (AvgIpc) is 3.06. The molecule has 0 unspecified atom stereocenters. The van der Waals surface area contributed by atoms with E-state index in [9.17, 15) is 13.2 Å². The van der Waals surface area contributed by atoms with Crippen molar-refractivity contribution in [1.82, 2.24) is 24.0 Å². The van der Waals surface area contributed by atoms with Crippen LogP contribution in [0.1, 0.15) is 52.4 Å². The third kappa shape index (κ3) is 5.55. The normalized spacial score (nSPS) is 11.9. The summed E-state index contributed by atoms with van der Waals surface area (Å²) < 4.78 is 26.9. The fourth-order valence-electron chi connectivity index (χ4n) is 2.14. The molecular formula is C15H29N5O3S. The number of rotatable bonds is 10. The Morgan fingerprint density at radius 3 is 2.38 bits per heavy atom. The van der Waals surface area contributed by atoms with E-state index in [4.69, 9.17) is 0 Å². The van der Waals surface area contributed by atoms with Gasteiger partial charge in [-0.05, 0) is 12.8 Å². The van der Waals surface area contributed by atoms with Crippen molar-refractivity contribution in [1.29, 1.82) is 0 Å². The zero-order chi connectivity index (χ0) is 18.2. The molecule has 0 aliphatic carbocycles. The summed E-state index contributed by atoms with van der Waals surface area (Å²) in [5.41, 5.74) is 0. The first-order valence-corrected chi connectivity index (χ1v) is 9.92. The summed E-state index contributed by atoms with van der Waals surface area (Å²) in [7, 11) is -0.583. The zero-order valence-corrected chi connectivity index (χ0v) is 15.9. The van der Waals surface area contributed by atoms with Crippen LogP contribution >= 0.6 is 0 Å². The van der Waals surface area contributed by atoms with Crippen molar-refractivity contribution in [2.24, 2.45) is 0 Å². The van der Waals surface area contributed by atoms with E-state index in [1.165, 1.54) is 16.3 Å². The van der Waals surface area contributed by atoms with Crippen molar-refractivity contribution in [2.75, 3.05) is 27.2 Å². The first-order valence-electron chi connectivity index (χ1n) is 8.48. The monoisotopic (exact) mass is 359 g/mol. The highest BCUT2D eigenvalue weighted by molar-refractivity contribution is 7.88. The van der Waals surface area contributed by atoms with Gasteiger partial charge in [0.2, 0.25) is 0 Å². The number of amides is 1. The number of unbranched alkanes of at least 4 members (excludes halogenated alkanes) is 4. The zero-order valence-electron chi connectivity index (χ0n) is 15.1. The molecule has 8 nitrogen and oxygen atoms in total. The van der Waals surface area contributed by atoms with Crippen molar-refractivity contribution in [3.63, 3.8) is 0 Å². The SMILES string of the molecule is CCCCCCN(C)C(=O)n1cnc(S(=O)(=O)N(C)CCCC)n1. The highest BCUT2D eigenvalue weighted by Gasteiger charge is 2.26. The molecule has 0 aliphatic rings. The predicted molar refractivity (Wildman–Crippen MR) is 92.3 cm³/mol. The molecule has 0 N–H and O–H groups in total. The van der Waals surface area contributed by atoms with Gasteiger partial charge < -0.3 is 4.90 Å². The van der Waals surface area contributed by atoms with Gasteiger partial charge in [-0.25, -0.2) is 18.2 Å². The number of aromatic nitrogens is 3. The van der Waals surface area contributed by atoms with E-state index >= 15 is 0 Å². The van der Waals surface area contributed by atoms with Crippen LogP contribution in [0.4, 0.5) is 4.79 Å². The second kappa shape index (κ2) is 9.73. The molecule has 1 aromatic rings. The van der Waals surface area contributed by atoms with Crippen molar-refractivity contribution in [3.8, 4) is 0 Å². The average molecular weight is 359 g/mol. The van der Waals surface area contributed by atoms with Gasteiger partial charge in [0.15, 0.2) is 0 Å². The third-order valence-electron chi connectivity index (χ3n) is 3.81. The van der Waals surface area contributed by atoms with E-state index in [-0.39, 0.29) is 11.2 Å². The maximum Gasteiger partial charge on any atom is 0.345 e. The Bertz CT molecular complexity index is 614. The van der Waals surface area contributed by atoms with Gasteiger partial charge in [0.05, 0.1) is 0 Å². The minimum atomic E-state index is -3.75. The highest BCUT2D eigenvalue weighted by Crippen LogP contribution is 2.10. The third-order valence-corrected chi connectivity index (χ3v) is 5.46. The molecule has 0 atom stereocenters. The van der Waals surface area contributed by atoms with Crippen LogP contribution in [0.15, 0.2) is 11.5 Å². The summed E-state index contributed by atoms with van der Waals surface area (Å²) in [4.78, 5) is 17.6. The van der Waals surface area contributed by atoms with Gasteiger partial charge in [0.25, 0.3) is 15.2 Å². The van der Waals surface area contributed by atoms with Crippen LogP contribution < -0.4 is 0 Å². The minimum Gasteiger partial charge on any atom is -0.326 e. The molecule has 0 spiro atoms. The molecule has 0 fully saturated rings. The molecule has 1 amide bonds. The molecule has 0 saturated carbocycles. The van der Waals surface area contributed by atoms with Gasteiger partial charge in [0.1, 0.15) is 6.33 Å². The van der Waals surface area contributed by atoms with Gasteiger partial charge >= 0.3 is 6.03 Å². The van der Waals surface area contributed by atoms with Crippen LogP contribution in [-0.2, 0) is 10.0 Å². The summed E-state index contributed by atoms with van der Waals surface area (Å²) in [5, 5.41) is 3.52. The number of hydrogen-bond donors (Lipinski definition) is 0. The highest BCUT2D eigenvalue weighted by atomic mass is 32.2. The lowest BCUT2D eigenvalue weighted by molar-refractivity contribution is 0.206. The van der Waals surface area contributed by atoms with Gasteiger partial charge in [-0.15, -0.1) is 5.10 Å². The summed E-state index contributed by atoms with van der Waals surface area (Å²) >= 11 is 0. The molecule has 0 aromatic carbocycles. The van der Waals surface area contributed by atoms with Crippen LogP contribution in [0, 0.1) is 0 Å². The smallest absolute Gasteiger partial charge is 0.326 e. The molecule has 24 heavy (non-hydrogen) atoms. The topological polar surface area (TPSA) is 88.4 Å². The molecule has 1 rings (SSSR count). The maximum atomic E-state index is 12.4. The van der Waals surface area contributed by atoms with E-state index in [0.717, 1.165) is 49.5 Å². The molecule has 0 bridgehead atoms. The molecule has 0 aliphatic heterocycles. The Morgan fingerprint density at radius 1 is 1.08 bits per heavy atom. The summed E-state index contributed by atoms with van der Waals surface area (Å²) in [6, 6.07) is -0.378. The number of sulfonamides is 1. The second-order valence-electron chi connectivity index (χ2n) is 5.92. The maximum absolute atomic E-state index is 12.4. The first-order chi connectivity index (χ1) is 11.3. The van der Waals surface area contributed by atoms with E-state index < -0.39 is 10.0 Å². The number of carbonyl (C=O) groups is 1. The van der Waals surface area contributed by atoms with Crippen LogP contribution in [-0.4, -0.2) is 65.6 Å². The molecule has 1 aromatic heterocycles. The van der Waals surface area contributed by atoms with E-state index in [2.05, 4.69) is 17.0 Å². The van der Waals surface area contributed by atoms with Gasteiger partial charge in [-0.3, -0.25) is 0 Å². The largest absolute Gasteiger partial charge is 0.345 e. The number of carbonyl (C=O) groups excluding carboxylic acids is 1.